The Morgan fingerprint density at radius 3 is 2.71 bits per heavy atom. The molecule has 78 valence electrons. The molecule has 3 rings (SSSR count). The van der Waals surface area contributed by atoms with Gasteiger partial charge in [0.05, 0.1) is 0 Å². The number of carbonyl (C=O) groups excluding carboxylic acids is 1. The van der Waals surface area contributed by atoms with E-state index < -0.39 is 0 Å². The van der Waals surface area contributed by atoms with Crippen molar-refractivity contribution in [2.45, 2.75) is 52.4 Å². The van der Waals surface area contributed by atoms with Crippen LogP contribution >= 0.6 is 0 Å². The normalized spacial score (nSPS) is 49.4. The van der Waals surface area contributed by atoms with Gasteiger partial charge in [-0.2, -0.15) is 0 Å². The standard InChI is InChI=1S/C13H20O/c1-12(2)7-8-13-6-5-10(14)9(13)3-4-11(12)13/h9,11H,3-8H2,1-2H3/t9-,11?,13-/m0/s1. The minimum Gasteiger partial charge on any atom is -0.299 e. The topological polar surface area (TPSA) is 17.1 Å². The number of hydrogen-bond donors (Lipinski definition) is 0. The molecule has 0 saturated heterocycles. The maximum absolute atomic E-state index is 11.8. The van der Waals surface area contributed by atoms with Gasteiger partial charge >= 0.3 is 0 Å². The molecule has 0 N–H and O–H groups in total. The Morgan fingerprint density at radius 2 is 1.93 bits per heavy atom. The molecule has 1 spiro atoms. The van der Waals surface area contributed by atoms with E-state index in [1.165, 1.54) is 32.1 Å². The zero-order valence-corrected chi connectivity index (χ0v) is 9.31. The maximum atomic E-state index is 11.8. The lowest BCUT2D eigenvalue weighted by atomic mass is 9.70. The van der Waals surface area contributed by atoms with Gasteiger partial charge < -0.3 is 0 Å². The molecule has 14 heavy (non-hydrogen) atoms. The molecule has 0 aromatic rings. The molecule has 1 nitrogen and oxygen atoms in total. The van der Waals surface area contributed by atoms with Gasteiger partial charge in [0.25, 0.3) is 0 Å². The zero-order chi connectivity index (χ0) is 9.97. The Bertz CT molecular complexity index is 292. The van der Waals surface area contributed by atoms with Crippen molar-refractivity contribution in [3.05, 3.63) is 0 Å². The Labute approximate surface area is 86.3 Å². The van der Waals surface area contributed by atoms with E-state index in [2.05, 4.69) is 13.8 Å². The third-order valence-corrected chi connectivity index (χ3v) is 5.54. The average Bonchev–Trinajstić information content (AvgIpc) is 2.68. The van der Waals surface area contributed by atoms with Crippen LogP contribution in [0.5, 0.6) is 0 Å². The average molecular weight is 192 g/mol. The van der Waals surface area contributed by atoms with Crippen molar-refractivity contribution >= 4 is 5.78 Å². The predicted octanol–water partition coefficient (Wildman–Crippen LogP) is 3.18. The maximum Gasteiger partial charge on any atom is 0.136 e. The van der Waals surface area contributed by atoms with Crippen molar-refractivity contribution in [1.82, 2.24) is 0 Å². The summed E-state index contributed by atoms with van der Waals surface area (Å²) in [5, 5.41) is 0. The molecule has 0 aliphatic heterocycles. The lowest BCUT2D eigenvalue weighted by molar-refractivity contribution is -0.121. The zero-order valence-electron chi connectivity index (χ0n) is 9.31. The number of hydrogen-bond acceptors (Lipinski definition) is 1. The molecule has 0 aromatic carbocycles. The molecule has 0 radical (unpaired) electrons. The van der Waals surface area contributed by atoms with Gasteiger partial charge in [0, 0.05) is 12.3 Å². The van der Waals surface area contributed by atoms with E-state index in [-0.39, 0.29) is 0 Å². The van der Waals surface area contributed by atoms with Crippen molar-refractivity contribution in [3.8, 4) is 0 Å². The van der Waals surface area contributed by atoms with E-state index in [0.29, 0.717) is 22.5 Å². The van der Waals surface area contributed by atoms with Crippen LogP contribution in [0.15, 0.2) is 0 Å². The summed E-state index contributed by atoms with van der Waals surface area (Å²) in [6.07, 6.45) is 7.31. The molecular formula is C13H20O. The molecule has 3 aliphatic carbocycles. The van der Waals surface area contributed by atoms with Crippen molar-refractivity contribution in [2.75, 3.05) is 0 Å². The van der Waals surface area contributed by atoms with Gasteiger partial charge in [0.1, 0.15) is 5.78 Å². The fourth-order valence-electron chi connectivity index (χ4n) is 4.88. The number of ketones is 1. The van der Waals surface area contributed by atoms with Gasteiger partial charge in [0.2, 0.25) is 0 Å². The van der Waals surface area contributed by atoms with E-state index in [4.69, 9.17) is 0 Å². The lowest BCUT2D eigenvalue weighted by Crippen LogP contribution is -2.29. The van der Waals surface area contributed by atoms with Crippen LogP contribution in [0.1, 0.15) is 52.4 Å². The van der Waals surface area contributed by atoms with Gasteiger partial charge in [-0.05, 0) is 48.9 Å². The summed E-state index contributed by atoms with van der Waals surface area (Å²) >= 11 is 0. The molecule has 0 bridgehead atoms. The van der Waals surface area contributed by atoms with E-state index in [1.807, 2.05) is 0 Å². The highest BCUT2D eigenvalue weighted by Gasteiger charge is 2.63. The quantitative estimate of drug-likeness (QED) is 0.576. The second kappa shape index (κ2) is 2.43. The Morgan fingerprint density at radius 1 is 1.14 bits per heavy atom. The van der Waals surface area contributed by atoms with Gasteiger partial charge in [0.15, 0.2) is 0 Å². The summed E-state index contributed by atoms with van der Waals surface area (Å²) < 4.78 is 0. The highest BCUT2D eigenvalue weighted by Crippen LogP contribution is 2.68. The number of rotatable bonds is 0. The second-order valence-corrected chi connectivity index (χ2v) is 6.37. The van der Waals surface area contributed by atoms with Crippen LogP contribution in [-0.4, -0.2) is 5.78 Å². The molecule has 3 fully saturated rings. The Balaban J connectivity index is 2.02. The van der Waals surface area contributed by atoms with Crippen LogP contribution in [0.3, 0.4) is 0 Å². The van der Waals surface area contributed by atoms with E-state index in [0.717, 1.165) is 12.3 Å². The summed E-state index contributed by atoms with van der Waals surface area (Å²) in [5.74, 6) is 1.91. The summed E-state index contributed by atoms with van der Waals surface area (Å²) in [4.78, 5) is 11.8. The molecule has 3 aliphatic rings. The Hall–Kier alpha value is -0.330. The largest absolute Gasteiger partial charge is 0.299 e. The first-order valence-corrected chi connectivity index (χ1v) is 6.09. The predicted molar refractivity (Wildman–Crippen MR) is 55.9 cm³/mol. The molecule has 0 heterocycles. The Kier molecular flexibility index (Phi) is 1.55. The molecule has 0 amide bonds. The first-order valence-electron chi connectivity index (χ1n) is 6.09. The molecule has 3 atom stereocenters. The second-order valence-electron chi connectivity index (χ2n) is 6.37. The lowest BCUT2D eigenvalue weighted by Gasteiger charge is -2.34. The minimum absolute atomic E-state index is 0.467. The summed E-state index contributed by atoms with van der Waals surface area (Å²) in [6, 6.07) is 0. The van der Waals surface area contributed by atoms with E-state index >= 15 is 0 Å². The first kappa shape index (κ1) is 8.94. The van der Waals surface area contributed by atoms with Crippen LogP contribution in [0.25, 0.3) is 0 Å². The summed E-state index contributed by atoms with van der Waals surface area (Å²) in [5.41, 5.74) is 0.986. The SMILES string of the molecule is CC1(C)CC[C@@]23CCC(=O)[C@@H]2CCC13. The molecular weight excluding hydrogens is 172 g/mol. The highest BCUT2D eigenvalue weighted by molar-refractivity contribution is 5.84. The van der Waals surface area contributed by atoms with Crippen molar-refractivity contribution in [3.63, 3.8) is 0 Å². The van der Waals surface area contributed by atoms with E-state index in [9.17, 15) is 4.79 Å². The van der Waals surface area contributed by atoms with Gasteiger partial charge in [-0.15, -0.1) is 0 Å². The van der Waals surface area contributed by atoms with Crippen LogP contribution in [0.2, 0.25) is 0 Å². The van der Waals surface area contributed by atoms with Crippen LogP contribution in [0.4, 0.5) is 0 Å². The highest BCUT2D eigenvalue weighted by atomic mass is 16.1. The van der Waals surface area contributed by atoms with E-state index in [1.54, 1.807) is 0 Å². The van der Waals surface area contributed by atoms with Gasteiger partial charge in [-0.3, -0.25) is 4.79 Å². The minimum atomic E-state index is 0.467. The fraction of sp³-hybridized carbons (Fsp3) is 0.923. The van der Waals surface area contributed by atoms with Crippen LogP contribution in [-0.2, 0) is 4.79 Å². The fourth-order valence-corrected chi connectivity index (χ4v) is 4.88. The van der Waals surface area contributed by atoms with Crippen LogP contribution in [0, 0.1) is 22.7 Å². The molecule has 1 heteroatoms. The third kappa shape index (κ3) is 0.844. The summed E-state index contributed by atoms with van der Waals surface area (Å²) in [6.45, 7) is 4.83. The van der Waals surface area contributed by atoms with Crippen LogP contribution < -0.4 is 0 Å². The smallest absolute Gasteiger partial charge is 0.136 e. The molecule has 1 unspecified atom stereocenters. The molecule has 0 aromatic heterocycles. The molecule has 3 saturated carbocycles. The number of Topliss-reactive ketones (excluding diaryl/α,β-unsaturated/α-hetero) is 1. The van der Waals surface area contributed by atoms with Gasteiger partial charge in [-0.1, -0.05) is 13.8 Å². The van der Waals surface area contributed by atoms with Crippen molar-refractivity contribution < 1.29 is 4.79 Å². The van der Waals surface area contributed by atoms with Gasteiger partial charge in [-0.25, -0.2) is 0 Å². The number of carbonyl (C=O) groups is 1. The van der Waals surface area contributed by atoms with Crippen molar-refractivity contribution in [1.29, 1.82) is 0 Å². The summed E-state index contributed by atoms with van der Waals surface area (Å²) in [7, 11) is 0. The monoisotopic (exact) mass is 192 g/mol. The van der Waals surface area contributed by atoms with Crippen molar-refractivity contribution in [2.24, 2.45) is 22.7 Å². The first-order chi connectivity index (χ1) is 6.56. The third-order valence-electron chi connectivity index (χ3n) is 5.54.